The average molecular weight is 399 g/mol. The lowest BCUT2D eigenvalue weighted by Crippen LogP contribution is -2.47. The summed E-state index contributed by atoms with van der Waals surface area (Å²) >= 11 is 1.47. The molecule has 0 saturated carbocycles. The molecule has 3 unspecified atom stereocenters. The van der Waals surface area contributed by atoms with E-state index in [0.29, 0.717) is 5.69 Å². The van der Waals surface area contributed by atoms with Crippen LogP contribution >= 0.6 is 11.3 Å². The van der Waals surface area contributed by atoms with Crippen molar-refractivity contribution in [2.75, 3.05) is 32.7 Å². The van der Waals surface area contributed by atoms with E-state index in [1.54, 1.807) is 6.20 Å². The largest absolute Gasteiger partial charge is 0.347 e. The Kier molecular flexibility index (Phi) is 4.80. The highest BCUT2D eigenvalue weighted by molar-refractivity contribution is 7.20. The summed E-state index contributed by atoms with van der Waals surface area (Å²) in [4.78, 5) is 35.0. The first kappa shape index (κ1) is 18.1. The van der Waals surface area contributed by atoms with Crippen LogP contribution < -0.4 is 5.32 Å². The number of thiophene rings is 1. The number of hydrogen-bond donors (Lipinski definition) is 1. The highest BCUT2D eigenvalue weighted by atomic mass is 32.1. The van der Waals surface area contributed by atoms with Gasteiger partial charge in [0, 0.05) is 48.5 Å². The second-order valence-corrected chi connectivity index (χ2v) is 9.48. The van der Waals surface area contributed by atoms with Gasteiger partial charge in [-0.3, -0.25) is 14.6 Å². The van der Waals surface area contributed by atoms with Gasteiger partial charge in [-0.05, 0) is 56.7 Å². The van der Waals surface area contributed by atoms with Crippen molar-refractivity contribution in [2.45, 2.75) is 38.1 Å². The standard InChI is InChI=1S/C21H26N4O2S/c26-20(23-16-8-14-4-7-24(12-14)13-16)17-10-18-15(11-22-17)9-19(28-18)21(27)25-5-2-1-3-6-25/h9-11,14,16H,1-8,12-13H2,(H,23,26). The van der Waals surface area contributed by atoms with Gasteiger partial charge in [-0.25, -0.2) is 0 Å². The lowest BCUT2D eigenvalue weighted by molar-refractivity contribution is 0.0729. The van der Waals surface area contributed by atoms with Gasteiger partial charge in [0.1, 0.15) is 5.69 Å². The molecule has 3 atom stereocenters. The summed E-state index contributed by atoms with van der Waals surface area (Å²) in [5.74, 6) is 0.723. The zero-order valence-corrected chi connectivity index (χ0v) is 16.8. The van der Waals surface area contributed by atoms with E-state index < -0.39 is 0 Å². The van der Waals surface area contributed by atoms with Crippen LogP contribution in [-0.2, 0) is 0 Å². The van der Waals surface area contributed by atoms with Gasteiger partial charge in [0.05, 0.1) is 4.88 Å². The zero-order valence-electron chi connectivity index (χ0n) is 16.0. The minimum Gasteiger partial charge on any atom is -0.347 e. The molecule has 2 bridgehead atoms. The molecule has 28 heavy (non-hydrogen) atoms. The highest BCUT2D eigenvalue weighted by Crippen LogP contribution is 2.29. The SMILES string of the molecule is O=C(NC1CC2CCN(C2)C1)c1cc2sc(C(=O)N3CCCCC3)cc2cn1. The van der Waals surface area contributed by atoms with Crippen LogP contribution in [0.2, 0.25) is 0 Å². The molecule has 148 valence electrons. The number of carbonyl (C=O) groups is 2. The summed E-state index contributed by atoms with van der Waals surface area (Å²) in [5.41, 5.74) is 0.444. The maximum atomic E-state index is 12.8. The van der Waals surface area contributed by atoms with E-state index in [1.807, 2.05) is 17.0 Å². The molecule has 2 aromatic heterocycles. The lowest BCUT2D eigenvalue weighted by Gasteiger charge is -2.30. The van der Waals surface area contributed by atoms with Crippen molar-refractivity contribution < 1.29 is 9.59 Å². The lowest BCUT2D eigenvalue weighted by atomic mass is 9.97. The quantitative estimate of drug-likeness (QED) is 0.863. The van der Waals surface area contributed by atoms with Crippen molar-refractivity contribution in [3.63, 3.8) is 0 Å². The molecule has 3 saturated heterocycles. The van der Waals surface area contributed by atoms with Gasteiger partial charge < -0.3 is 15.1 Å². The van der Waals surface area contributed by atoms with Crippen LogP contribution in [0.25, 0.3) is 10.1 Å². The fourth-order valence-electron chi connectivity index (χ4n) is 4.84. The van der Waals surface area contributed by atoms with Gasteiger partial charge in [0.15, 0.2) is 0 Å². The Morgan fingerprint density at radius 3 is 2.79 bits per heavy atom. The Hall–Kier alpha value is -1.99. The summed E-state index contributed by atoms with van der Waals surface area (Å²) in [6, 6.07) is 3.96. The predicted molar refractivity (Wildman–Crippen MR) is 110 cm³/mol. The maximum Gasteiger partial charge on any atom is 0.270 e. The molecule has 0 aliphatic carbocycles. The molecule has 0 spiro atoms. The van der Waals surface area contributed by atoms with Gasteiger partial charge in [0.2, 0.25) is 0 Å². The molecule has 1 N–H and O–H groups in total. The maximum absolute atomic E-state index is 12.8. The summed E-state index contributed by atoms with van der Waals surface area (Å²) in [7, 11) is 0. The van der Waals surface area contributed by atoms with E-state index >= 15 is 0 Å². The molecule has 7 heteroatoms. The van der Waals surface area contributed by atoms with Crippen LogP contribution in [0, 0.1) is 5.92 Å². The topological polar surface area (TPSA) is 65.5 Å². The average Bonchev–Trinajstić information content (AvgIpc) is 3.30. The van der Waals surface area contributed by atoms with Crippen molar-refractivity contribution in [3.8, 4) is 0 Å². The molecule has 5 rings (SSSR count). The third-order valence-corrected chi connectivity index (χ3v) is 7.38. The Bertz CT molecular complexity index is 893. The minimum atomic E-state index is -0.105. The summed E-state index contributed by atoms with van der Waals surface area (Å²) < 4.78 is 0.952. The van der Waals surface area contributed by atoms with E-state index in [1.165, 1.54) is 30.7 Å². The normalized spacial score (nSPS) is 27.1. The van der Waals surface area contributed by atoms with Gasteiger partial charge in [0.25, 0.3) is 11.8 Å². The van der Waals surface area contributed by atoms with Crippen LogP contribution in [-0.4, -0.2) is 65.4 Å². The zero-order chi connectivity index (χ0) is 19.1. The molecule has 3 aliphatic heterocycles. The predicted octanol–water partition coefficient (Wildman–Crippen LogP) is 2.75. The van der Waals surface area contributed by atoms with E-state index in [2.05, 4.69) is 15.2 Å². The molecule has 0 radical (unpaired) electrons. The number of aromatic nitrogens is 1. The summed E-state index contributed by atoms with van der Waals surface area (Å²) in [5, 5.41) is 4.10. The molecule has 0 aromatic carbocycles. The first-order valence-electron chi connectivity index (χ1n) is 10.4. The van der Waals surface area contributed by atoms with Gasteiger partial charge in [-0.2, -0.15) is 0 Å². The highest BCUT2D eigenvalue weighted by Gasteiger charge is 2.33. The minimum absolute atomic E-state index is 0.105. The molecule has 3 fully saturated rings. The summed E-state index contributed by atoms with van der Waals surface area (Å²) in [6.45, 7) is 4.97. The third kappa shape index (κ3) is 3.53. The Morgan fingerprint density at radius 1 is 1.11 bits per heavy atom. The molecule has 3 aliphatic rings. The number of nitrogens with one attached hydrogen (secondary N) is 1. The number of amides is 2. The number of carbonyl (C=O) groups excluding carboxylic acids is 2. The smallest absolute Gasteiger partial charge is 0.270 e. The van der Waals surface area contributed by atoms with Crippen molar-refractivity contribution >= 4 is 33.2 Å². The van der Waals surface area contributed by atoms with Crippen molar-refractivity contribution in [1.82, 2.24) is 20.1 Å². The van der Waals surface area contributed by atoms with Crippen molar-refractivity contribution in [2.24, 2.45) is 5.92 Å². The van der Waals surface area contributed by atoms with Crippen molar-refractivity contribution in [3.05, 3.63) is 28.9 Å². The number of likely N-dealkylation sites (tertiary alicyclic amines) is 1. The second kappa shape index (κ2) is 7.44. The first-order valence-corrected chi connectivity index (χ1v) is 11.2. The molecule has 2 amide bonds. The van der Waals surface area contributed by atoms with E-state index in [4.69, 9.17) is 0 Å². The summed E-state index contributed by atoms with van der Waals surface area (Å²) in [6.07, 6.45) is 7.42. The Balaban J connectivity index is 1.30. The number of fused-ring (bicyclic) bond motifs is 3. The fourth-order valence-corrected chi connectivity index (χ4v) is 5.88. The van der Waals surface area contributed by atoms with Crippen LogP contribution in [0.4, 0.5) is 0 Å². The Labute approximate surface area is 168 Å². The van der Waals surface area contributed by atoms with E-state index in [9.17, 15) is 9.59 Å². The van der Waals surface area contributed by atoms with Gasteiger partial charge >= 0.3 is 0 Å². The number of piperidine rings is 2. The van der Waals surface area contributed by atoms with Crippen LogP contribution in [0.3, 0.4) is 0 Å². The van der Waals surface area contributed by atoms with E-state index in [0.717, 1.165) is 66.3 Å². The number of hydrogen-bond acceptors (Lipinski definition) is 5. The molecular formula is C21H26N4O2S. The molecule has 6 nitrogen and oxygen atoms in total. The number of pyridine rings is 1. The van der Waals surface area contributed by atoms with Crippen molar-refractivity contribution in [1.29, 1.82) is 0 Å². The number of rotatable bonds is 3. The second-order valence-electron chi connectivity index (χ2n) is 8.39. The molecule has 2 aromatic rings. The Morgan fingerprint density at radius 2 is 1.96 bits per heavy atom. The van der Waals surface area contributed by atoms with Gasteiger partial charge in [-0.1, -0.05) is 0 Å². The number of nitrogens with zero attached hydrogens (tertiary/aromatic N) is 3. The van der Waals surface area contributed by atoms with Crippen LogP contribution in [0.5, 0.6) is 0 Å². The van der Waals surface area contributed by atoms with E-state index in [-0.39, 0.29) is 17.9 Å². The third-order valence-electron chi connectivity index (χ3n) is 6.29. The molecule has 5 heterocycles. The monoisotopic (exact) mass is 398 g/mol. The van der Waals surface area contributed by atoms with Gasteiger partial charge in [-0.15, -0.1) is 11.3 Å². The first-order chi connectivity index (χ1) is 13.7. The fraction of sp³-hybridized carbons (Fsp3) is 0.571. The van der Waals surface area contributed by atoms with Crippen LogP contribution in [0.15, 0.2) is 18.3 Å². The van der Waals surface area contributed by atoms with Crippen LogP contribution in [0.1, 0.15) is 52.3 Å². The molecular weight excluding hydrogens is 372 g/mol.